The minimum Gasteiger partial charge on any atom is -0.330 e. The molecule has 0 aliphatic rings. The average molecular weight is 373 g/mol. The van der Waals surface area contributed by atoms with E-state index in [2.05, 4.69) is 31.7 Å². The van der Waals surface area contributed by atoms with Crippen LogP contribution in [0.2, 0.25) is 0 Å². The second kappa shape index (κ2) is 6.83. The smallest absolute Gasteiger partial charge is 0.330 e. The molecule has 3 aromatic rings. The number of carbonyl (C=O) groups is 1. The number of hydrogen-bond acceptors (Lipinski definition) is 2. The first-order valence-electron chi connectivity index (χ1n) is 7.42. The normalized spacial score (nSPS) is 12.1. The van der Waals surface area contributed by atoms with E-state index >= 15 is 0 Å². The number of urea groups is 1. The van der Waals surface area contributed by atoms with E-state index in [-0.39, 0.29) is 12.1 Å². The Balaban J connectivity index is 1.71. The Morgan fingerprint density at radius 3 is 2.70 bits per heavy atom. The zero-order valence-electron chi connectivity index (χ0n) is 12.7. The number of aromatic nitrogens is 2. The lowest BCUT2D eigenvalue weighted by Gasteiger charge is -2.18. The molecule has 0 aliphatic heterocycles. The second-order valence-corrected chi connectivity index (χ2v) is 6.12. The number of hydrogen-bond donors (Lipinski definition) is 2. The van der Waals surface area contributed by atoms with Crippen LogP contribution in [0.1, 0.15) is 24.9 Å². The second-order valence-electron chi connectivity index (χ2n) is 5.20. The van der Waals surface area contributed by atoms with Gasteiger partial charge in [0.15, 0.2) is 0 Å². The molecule has 0 saturated heterocycles. The summed E-state index contributed by atoms with van der Waals surface area (Å²) in [4.78, 5) is 16.5. The quantitative estimate of drug-likeness (QED) is 0.720. The molecule has 6 heteroatoms. The van der Waals surface area contributed by atoms with E-state index in [1.807, 2.05) is 55.5 Å². The van der Waals surface area contributed by atoms with Crippen molar-refractivity contribution in [2.45, 2.75) is 19.4 Å². The van der Waals surface area contributed by atoms with Crippen LogP contribution < -0.4 is 10.7 Å². The minimum atomic E-state index is -0.261. The molecule has 0 aliphatic carbocycles. The van der Waals surface area contributed by atoms with E-state index in [1.165, 1.54) is 0 Å². The summed E-state index contributed by atoms with van der Waals surface area (Å²) in [6.07, 6.45) is 2.41. The van der Waals surface area contributed by atoms with Crippen molar-refractivity contribution in [3.63, 3.8) is 0 Å². The number of carbonyl (C=O) groups excluding carboxylic acids is 1. The lowest BCUT2D eigenvalue weighted by molar-refractivity contribution is 0.245. The van der Waals surface area contributed by atoms with Gasteiger partial charge in [-0.05, 0) is 36.2 Å². The molecule has 0 fully saturated rings. The maximum absolute atomic E-state index is 12.3. The molecular weight excluding hydrogens is 356 g/mol. The van der Waals surface area contributed by atoms with Gasteiger partial charge in [0.25, 0.3) is 0 Å². The van der Waals surface area contributed by atoms with E-state index in [0.29, 0.717) is 0 Å². The number of rotatable bonds is 4. The van der Waals surface area contributed by atoms with Gasteiger partial charge in [-0.3, -0.25) is 0 Å². The van der Waals surface area contributed by atoms with Gasteiger partial charge in [0.1, 0.15) is 6.33 Å². The van der Waals surface area contributed by atoms with Crippen LogP contribution in [-0.4, -0.2) is 15.7 Å². The molecule has 0 saturated carbocycles. The molecule has 118 valence electrons. The SMILES string of the molecule is CCC(NC(=O)Nn1cnc2ccccc21)c1ccc(Br)cc1. The highest BCUT2D eigenvalue weighted by Gasteiger charge is 2.13. The summed E-state index contributed by atoms with van der Waals surface area (Å²) >= 11 is 3.42. The Bertz CT molecular complexity index is 813. The Morgan fingerprint density at radius 1 is 1.22 bits per heavy atom. The summed E-state index contributed by atoms with van der Waals surface area (Å²) in [5, 5.41) is 2.99. The third-order valence-corrected chi connectivity index (χ3v) is 4.19. The highest BCUT2D eigenvalue weighted by atomic mass is 79.9. The highest BCUT2D eigenvalue weighted by molar-refractivity contribution is 9.10. The number of nitrogens with one attached hydrogen (secondary N) is 2. The van der Waals surface area contributed by atoms with Crippen LogP contribution in [0.25, 0.3) is 11.0 Å². The van der Waals surface area contributed by atoms with E-state index in [9.17, 15) is 4.79 Å². The van der Waals surface area contributed by atoms with Crippen LogP contribution in [0.15, 0.2) is 59.3 Å². The van der Waals surface area contributed by atoms with Crippen molar-refractivity contribution in [3.05, 3.63) is 64.9 Å². The fraction of sp³-hybridized carbons (Fsp3) is 0.176. The number of para-hydroxylation sites is 2. The molecule has 0 spiro atoms. The summed E-state index contributed by atoms with van der Waals surface area (Å²) in [6, 6.07) is 15.3. The number of fused-ring (bicyclic) bond motifs is 1. The Kier molecular flexibility index (Phi) is 4.62. The van der Waals surface area contributed by atoms with Gasteiger partial charge in [-0.25, -0.2) is 19.9 Å². The molecule has 0 radical (unpaired) electrons. The van der Waals surface area contributed by atoms with Gasteiger partial charge in [-0.1, -0.05) is 47.1 Å². The van der Waals surface area contributed by atoms with Crippen molar-refractivity contribution < 1.29 is 4.79 Å². The first kappa shape index (κ1) is 15.6. The van der Waals surface area contributed by atoms with E-state index in [0.717, 1.165) is 27.5 Å². The maximum Gasteiger partial charge on any atom is 0.334 e. The summed E-state index contributed by atoms with van der Waals surface area (Å²) < 4.78 is 2.64. The molecule has 23 heavy (non-hydrogen) atoms. The minimum absolute atomic E-state index is 0.0436. The molecular formula is C17H17BrN4O. The van der Waals surface area contributed by atoms with Crippen molar-refractivity contribution >= 4 is 33.0 Å². The third-order valence-electron chi connectivity index (χ3n) is 3.66. The van der Waals surface area contributed by atoms with E-state index in [4.69, 9.17) is 0 Å². The number of halogens is 1. The van der Waals surface area contributed by atoms with Gasteiger partial charge in [-0.15, -0.1) is 0 Å². The molecule has 5 nitrogen and oxygen atoms in total. The molecule has 3 rings (SSSR count). The van der Waals surface area contributed by atoms with Gasteiger partial charge < -0.3 is 5.32 Å². The molecule has 0 bridgehead atoms. The largest absolute Gasteiger partial charge is 0.334 e. The van der Waals surface area contributed by atoms with Crippen LogP contribution in [0.4, 0.5) is 4.79 Å². The van der Waals surface area contributed by atoms with Crippen LogP contribution >= 0.6 is 15.9 Å². The Morgan fingerprint density at radius 2 is 1.96 bits per heavy atom. The van der Waals surface area contributed by atoms with Crippen LogP contribution in [0.3, 0.4) is 0 Å². The molecule has 2 aromatic carbocycles. The van der Waals surface area contributed by atoms with Crippen LogP contribution in [-0.2, 0) is 0 Å². The Hall–Kier alpha value is -2.34. The van der Waals surface area contributed by atoms with Gasteiger partial charge in [0, 0.05) is 4.47 Å². The van der Waals surface area contributed by atoms with Crippen LogP contribution in [0.5, 0.6) is 0 Å². The topological polar surface area (TPSA) is 59.0 Å². The molecule has 1 unspecified atom stereocenters. The predicted molar refractivity (Wildman–Crippen MR) is 94.8 cm³/mol. The zero-order valence-corrected chi connectivity index (χ0v) is 14.2. The molecule has 1 aromatic heterocycles. The van der Waals surface area contributed by atoms with E-state index < -0.39 is 0 Å². The molecule has 1 heterocycles. The summed E-state index contributed by atoms with van der Waals surface area (Å²) in [5.74, 6) is 0. The predicted octanol–water partition coefficient (Wildman–Crippen LogP) is 4.20. The maximum atomic E-state index is 12.3. The number of amides is 2. The Labute approximate surface area is 142 Å². The molecule has 2 amide bonds. The first-order chi connectivity index (χ1) is 11.2. The molecule has 2 N–H and O–H groups in total. The fourth-order valence-electron chi connectivity index (χ4n) is 2.46. The lowest BCUT2D eigenvalue weighted by Crippen LogP contribution is -2.36. The monoisotopic (exact) mass is 372 g/mol. The number of nitrogens with zero attached hydrogens (tertiary/aromatic N) is 2. The van der Waals surface area contributed by atoms with Crippen molar-refractivity contribution in [2.75, 3.05) is 5.43 Å². The summed E-state index contributed by atoms with van der Waals surface area (Å²) in [7, 11) is 0. The first-order valence-corrected chi connectivity index (χ1v) is 8.21. The van der Waals surface area contributed by atoms with Gasteiger partial charge in [0.2, 0.25) is 0 Å². The van der Waals surface area contributed by atoms with Crippen molar-refractivity contribution in [1.82, 2.24) is 15.0 Å². The number of benzene rings is 2. The van der Waals surface area contributed by atoms with Gasteiger partial charge in [-0.2, -0.15) is 0 Å². The van der Waals surface area contributed by atoms with Crippen molar-refractivity contribution in [1.29, 1.82) is 0 Å². The van der Waals surface area contributed by atoms with Crippen molar-refractivity contribution in [2.24, 2.45) is 0 Å². The third kappa shape index (κ3) is 3.53. The zero-order chi connectivity index (χ0) is 16.2. The van der Waals surface area contributed by atoms with Crippen LogP contribution in [0, 0.1) is 0 Å². The van der Waals surface area contributed by atoms with E-state index in [1.54, 1.807) is 11.0 Å². The summed E-state index contributed by atoms with van der Waals surface area (Å²) in [5.41, 5.74) is 5.58. The summed E-state index contributed by atoms with van der Waals surface area (Å²) in [6.45, 7) is 2.04. The highest BCUT2D eigenvalue weighted by Crippen LogP contribution is 2.19. The van der Waals surface area contributed by atoms with Gasteiger partial charge in [0.05, 0.1) is 17.1 Å². The number of imidazole rings is 1. The average Bonchev–Trinajstić information content (AvgIpc) is 2.97. The fourth-order valence-corrected chi connectivity index (χ4v) is 2.73. The molecule has 1 atom stereocenters. The standard InChI is InChI=1S/C17H17BrN4O/c1-2-14(12-7-9-13(18)10-8-12)20-17(23)21-22-11-19-15-5-3-4-6-16(15)22/h3-11,14H,2H2,1H3,(H2,20,21,23). The lowest BCUT2D eigenvalue weighted by atomic mass is 10.1. The van der Waals surface area contributed by atoms with Gasteiger partial charge >= 0.3 is 6.03 Å². The van der Waals surface area contributed by atoms with Crippen molar-refractivity contribution in [3.8, 4) is 0 Å².